The second kappa shape index (κ2) is 9.42. The van der Waals surface area contributed by atoms with E-state index in [4.69, 9.17) is 9.47 Å². The van der Waals surface area contributed by atoms with E-state index in [0.717, 1.165) is 32.8 Å². The van der Waals surface area contributed by atoms with Crippen LogP contribution in [0.1, 0.15) is 28.4 Å². The highest BCUT2D eigenvalue weighted by Crippen LogP contribution is 2.25. The lowest BCUT2D eigenvalue weighted by atomic mass is 10.1. The third-order valence-corrected chi connectivity index (χ3v) is 4.73. The molecule has 3 aromatic rings. The second-order valence-electron chi connectivity index (χ2n) is 6.27. The van der Waals surface area contributed by atoms with Gasteiger partial charge in [0, 0.05) is 21.3 Å². The van der Waals surface area contributed by atoms with Gasteiger partial charge in [0.05, 0.1) is 6.61 Å². The molecule has 144 valence electrons. The van der Waals surface area contributed by atoms with Crippen molar-refractivity contribution in [3.63, 3.8) is 0 Å². The Kier molecular flexibility index (Phi) is 6.71. The van der Waals surface area contributed by atoms with Gasteiger partial charge in [-0.1, -0.05) is 34.1 Å². The van der Waals surface area contributed by atoms with E-state index in [1.54, 1.807) is 6.07 Å². The summed E-state index contributed by atoms with van der Waals surface area (Å²) in [5.74, 6) is 1.36. The van der Waals surface area contributed by atoms with Gasteiger partial charge in [0.25, 0.3) is 5.91 Å². The summed E-state index contributed by atoms with van der Waals surface area (Å²) in [5, 5.41) is 2.91. The van der Waals surface area contributed by atoms with E-state index < -0.39 is 0 Å². The number of para-hydroxylation sites is 1. The van der Waals surface area contributed by atoms with Crippen LogP contribution in [0, 0.1) is 6.92 Å². The minimum atomic E-state index is -0.178. The monoisotopic (exact) mass is 439 g/mol. The van der Waals surface area contributed by atoms with Crippen LogP contribution >= 0.6 is 15.9 Å². The van der Waals surface area contributed by atoms with E-state index in [-0.39, 0.29) is 5.91 Å². The van der Waals surface area contributed by atoms with Crippen molar-refractivity contribution >= 4 is 27.5 Å². The molecule has 0 heterocycles. The van der Waals surface area contributed by atoms with Crippen LogP contribution in [-0.4, -0.2) is 12.5 Å². The number of amides is 1. The van der Waals surface area contributed by atoms with Crippen LogP contribution in [-0.2, 0) is 6.61 Å². The molecular formula is C23H22BrNO3. The van der Waals surface area contributed by atoms with Crippen LogP contribution < -0.4 is 14.8 Å². The Morgan fingerprint density at radius 1 is 0.964 bits per heavy atom. The predicted octanol–water partition coefficient (Wildman–Crippen LogP) is 5.99. The Morgan fingerprint density at radius 2 is 1.71 bits per heavy atom. The number of hydrogen-bond acceptors (Lipinski definition) is 3. The first kappa shape index (κ1) is 20.0. The van der Waals surface area contributed by atoms with Crippen molar-refractivity contribution in [3.05, 3.63) is 87.9 Å². The van der Waals surface area contributed by atoms with Crippen LogP contribution in [0.3, 0.4) is 0 Å². The van der Waals surface area contributed by atoms with Crippen LogP contribution in [0.15, 0.2) is 71.2 Å². The summed E-state index contributed by atoms with van der Waals surface area (Å²) in [5.41, 5.74) is 3.17. The first-order valence-electron chi connectivity index (χ1n) is 9.08. The Bertz CT molecular complexity index is 954. The molecule has 3 rings (SSSR count). The van der Waals surface area contributed by atoms with Crippen LogP contribution in [0.2, 0.25) is 0 Å². The molecule has 0 fully saturated rings. The summed E-state index contributed by atoms with van der Waals surface area (Å²) < 4.78 is 12.6. The van der Waals surface area contributed by atoms with Gasteiger partial charge < -0.3 is 14.8 Å². The maximum Gasteiger partial charge on any atom is 0.255 e. The molecule has 3 aromatic carbocycles. The van der Waals surface area contributed by atoms with E-state index >= 15 is 0 Å². The van der Waals surface area contributed by atoms with E-state index in [1.165, 1.54) is 0 Å². The van der Waals surface area contributed by atoms with Crippen molar-refractivity contribution in [2.45, 2.75) is 20.5 Å². The highest BCUT2D eigenvalue weighted by Gasteiger charge is 2.12. The molecule has 0 spiro atoms. The van der Waals surface area contributed by atoms with Gasteiger partial charge in [-0.2, -0.15) is 0 Å². The highest BCUT2D eigenvalue weighted by atomic mass is 79.9. The van der Waals surface area contributed by atoms with Crippen molar-refractivity contribution in [3.8, 4) is 11.5 Å². The first-order chi connectivity index (χ1) is 13.6. The summed E-state index contributed by atoms with van der Waals surface area (Å²) in [6.07, 6.45) is 0. The van der Waals surface area contributed by atoms with E-state index in [1.807, 2.05) is 74.5 Å². The minimum absolute atomic E-state index is 0.178. The predicted molar refractivity (Wildman–Crippen MR) is 115 cm³/mol. The number of nitrogens with one attached hydrogen (secondary N) is 1. The fourth-order valence-corrected chi connectivity index (χ4v) is 3.00. The van der Waals surface area contributed by atoms with Gasteiger partial charge in [0.2, 0.25) is 0 Å². The van der Waals surface area contributed by atoms with Crippen LogP contribution in [0.4, 0.5) is 5.69 Å². The van der Waals surface area contributed by atoms with Gasteiger partial charge in [0.15, 0.2) is 0 Å². The van der Waals surface area contributed by atoms with Gasteiger partial charge in [-0.3, -0.25) is 4.79 Å². The van der Waals surface area contributed by atoms with Gasteiger partial charge >= 0.3 is 0 Å². The molecule has 0 radical (unpaired) electrons. The summed E-state index contributed by atoms with van der Waals surface area (Å²) in [6, 6.07) is 20.7. The zero-order valence-electron chi connectivity index (χ0n) is 15.9. The number of rotatable bonds is 7. The lowest BCUT2D eigenvalue weighted by Crippen LogP contribution is -2.13. The van der Waals surface area contributed by atoms with Crippen LogP contribution in [0.25, 0.3) is 0 Å². The third kappa shape index (κ3) is 5.14. The van der Waals surface area contributed by atoms with E-state index in [2.05, 4.69) is 21.2 Å². The number of halogens is 1. The minimum Gasteiger partial charge on any atom is -0.493 e. The zero-order valence-corrected chi connectivity index (χ0v) is 17.5. The van der Waals surface area contributed by atoms with Crippen molar-refractivity contribution in [2.75, 3.05) is 11.9 Å². The molecule has 5 heteroatoms. The van der Waals surface area contributed by atoms with Gasteiger partial charge in [0.1, 0.15) is 18.1 Å². The molecular weight excluding hydrogens is 418 g/mol. The van der Waals surface area contributed by atoms with Crippen molar-refractivity contribution < 1.29 is 14.3 Å². The van der Waals surface area contributed by atoms with E-state index in [0.29, 0.717) is 18.8 Å². The van der Waals surface area contributed by atoms with Gasteiger partial charge in [-0.25, -0.2) is 0 Å². The second-order valence-corrected chi connectivity index (χ2v) is 7.19. The topological polar surface area (TPSA) is 47.6 Å². The highest BCUT2D eigenvalue weighted by molar-refractivity contribution is 9.10. The molecule has 0 atom stereocenters. The molecule has 0 aliphatic carbocycles. The first-order valence-corrected chi connectivity index (χ1v) is 9.87. The van der Waals surface area contributed by atoms with Gasteiger partial charge in [-0.15, -0.1) is 0 Å². The number of hydrogen-bond donors (Lipinski definition) is 1. The summed E-state index contributed by atoms with van der Waals surface area (Å²) >= 11 is 3.39. The van der Waals surface area contributed by atoms with Crippen molar-refractivity contribution in [1.82, 2.24) is 0 Å². The molecule has 0 unspecified atom stereocenters. The Balaban J connectivity index is 1.79. The number of anilines is 1. The summed E-state index contributed by atoms with van der Waals surface area (Å²) in [7, 11) is 0. The number of aryl methyl sites for hydroxylation is 1. The van der Waals surface area contributed by atoms with E-state index in [9.17, 15) is 4.79 Å². The Hall–Kier alpha value is -2.79. The molecule has 28 heavy (non-hydrogen) atoms. The summed E-state index contributed by atoms with van der Waals surface area (Å²) in [6.45, 7) is 4.79. The largest absolute Gasteiger partial charge is 0.493 e. The Labute approximate surface area is 173 Å². The molecule has 0 aromatic heterocycles. The average Bonchev–Trinajstić information content (AvgIpc) is 2.70. The molecule has 0 saturated heterocycles. The molecule has 0 aliphatic rings. The van der Waals surface area contributed by atoms with Crippen LogP contribution in [0.5, 0.6) is 11.5 Å². The third-order valence-electron chi connectivity index (χ3n) is 4.20. The summed E-state index contributed by atoms with van der Waals surface area (Å²) in [4.78, 5) is 12.6. The fourth-order valence-electron chi connectivity index (χ4n) is 2.74. The Morgan fingerprint density at radius 3 is 2.43 bits per heavy atom. The quantitative estimate of drug-likeness (QED) is 0.491. The molecule has 1 N–H and O–H groups in total. The number of ether oxygens (including phenoxy) is 2. The zero-order chi connectivity index (χ0) is 19.9. The fraction of sp³-hybridized carbons (Fsp3) is 0.174. The standard InChI is InChI=1S/C23H22BrNO3/c1-3-27-22-13-8-17(23(26)25-20-11-9-19(24)10-12-20)14-18(22)15-28-21-7-5-4-6-16(21)2/h4-14H,3,15H2,1-2H3,(H,25,26). The number of carbonyl (C=O) groups is 1. The van der Waals surface area contributed by atoms with Gasteiger partial charge in [-0.05, 0) is 67.9 Å². The van der Waals surface area contributed by atoms with Crippen molar-refractivity contribution in [2.24, 2.45) is 0 Å². The molecule has 0 aliphatic heterocycles. The average molecular weight is 440 g/mol. The number of carbonyl (C=O) groups excluding carboxylic acids is 1. The molecule has 0 saturated carbocycles. The lowest BCUT2D eigenvalue weighted by molar-refractivity contribution is 0.102. The normalized spacial score (nSPS) is 10.4. The molecule has 1 amide bonds. The molecule has 4 nitrogen and oxygen atoms in total. The maximum absolute atomic E-state index is 12.6. The molecule has 0 bridgehead atoms. The SMILES string of the molecule is CCOc1ccc(C(=O)Nc2ccc(Br)cc2)cc1COc1ccccc1C. The van der Waals surface area contributed by atoms with Crippen molar-refractivity contribution in [1.29, 1.82) is 0 Å². The smallest absolute Gasteiger partial charge is 0.255 e. The maximum atomic E-state index is 12.6. The lowest BCUT2D eigenvalue weighted by Gasteiger charge is -2.14. The number of benzene rings is 3.